The average Bonchev–Trinajstić information content (AvgIpc) is 3.06. The van der Waals surface area contributed by atoms with E-state index in [1.54, 1.807) is 53.5 Å². The smallest absolute Gasteiger partial charge is 0.307 e. The van der Waals surface area contributed by atoms with Crippen LogP contribution in [0.5, 0.6) is 0 Å². The second-order valence-electron chi connectivity index (χ2n) is 5.45. The molecular formula is C18H16ClN5O2. The number of carbonyl (C=O) groups excluding carboxylic acids is 2. The molecule has 0 spiro atoms. The Morgan fingerprint density at radius 3 is 2.38 bits per heavy atom. The van der Waals surface area contributed by atoms with Gasteiger partial charge in [0.15, 0.2) is 0 Å². The van der Waals surface area contributed by atoms with E-state index in [0.29, 0.717) is 22.8 Å². The lowest BCUT2D eigenvalue weighted by Gasteiger charge is -2.09. The van der Waals surface area contributed by atoms with Crippen LogP contribution in [0, 0.1) is 0 Å². The van der Waals surface area contributed by atoms with E-state index in [1.807, 2.05) is 18.2 Å². The van der Waals surface area contributed by atoms with E-state index < -0.39 is 11.9 Å². The van der Waals surface area contributed by atoms with Crippen LogP contribution in [0.4, 0.5) is 10.5 Å². The number of hydrazine groups is 1. The number of para-hydroxylation sites is 1. The van der Waals surface area contributed by atoms with E-state index in [-0.39, 0.29) is 0 Å². The summed E-state index contributed by atoms with van der Waals surface area (Å²) in [5.41, 5.74) is 6.68. The van der Waals surface area contributed by atoms with E-state index in [2.05, 4.69) is 21.3 Å². The molecule has 0 atom stereocenters. The molecule has 7 nitrogen and oxygen atoms in total. The van der Waals surface area contributed by atoms with Gasteiger partial charge in [0, 0.05) is 17.4 Å². The molecule has 132 valence electrons. The minimum atomic E-state index is -0.531. The predicted molar refractivity (Wildman–Crippen MR) is 98.8 cm³/mol. The normalized spacial score (nSPS) is 10.2. The highest BCUT2D eigenvalue weighted by atomic mass is 35.5. The van der Waals surface area contributed by atoms with Crippen molar-refractivity contribution in [2.75, 3.05) is 5.32 Å². The number of hydrogen-bond donors (Lipinski definition) is 3. The number of urea groups is 1. The molecule has 0 fully saturated rings. The van der Waals surface area contributed by atoms with Gasteiger partial charge in [-0.1, -0.05) is 41.9 Å². The molecule has 26 heavy (non-hydrogen) atoms. The molecule has 0 aliphatic heterocycles. The average molecular weight is 370 g/mol. The van der Waals surface area contributed by atoms with Gasteiger partial charge in [-0.15, -0.1) is 0 Å². The van der Waals surface area contributed by atoms with Crippen molar-refractivity contribution in [2.24, 2.45) is 0 Å². The van der Waals surface area contributed by atoms with E-state index in [9.17, 15) is 9.59 Å². The van der Waals surface area contributed by atoms with E-state index in [1.165, 1.54) is 0 Å². The van der Waals surface area contributed by atoms with Crippen LogP contribution in [0.3, 0.4) is 0 Å². The molecule has 0 radical (unpaired) electrons. The molecule has 2 aromatic carbocycles. The van der Waals surface area contributed by atoms with Crippen LogP contribution in [0.25, 0.3) is 0 Å². The van der Waals surface area contributed by atoms with Gasteiger partial charge in [-0.05, 0) is 29.8 Å². The third-order valence-corrected chi connectivity index (χ3v) is 3.68. The molecule has 0 unspecified atom stereocenters. The zero-order chi connectivity index (χ0) is 18.4. The fourth-order valence-corrected chi connectivity index (χ4v) is 2.40. The number of hydrogen-bond acceptors (Lipinski definition) is 3. The number of nitrogens with zero attached hydrogens (tertiary/aromatic N) is 2. The van der Waals surface area contributed by atoms with Crippen molar-refractivity contribution in [3.63, 3.8) is 0 Å². The fourth-order valence-electron chi connectivity index (χ4n) is 2.24. The molecular weight excluding hydrogens is 354 g/mol. The highest BCUT2D eigenvalue weighted by Crippen LogP contribution is 2.09. The summed E-state index contributed by atoms with van der Waals surface area (Å²) in [6.45, 7) is 0.548. The third-order valence-electron chi connectivity index (χ3n) is 3.48. The lowest BCUT2D eigenvalue weighted by Crippen LogP contribution is -2.43. The van der Waals surface area contributed by atoms with Crippen molar-refractivity contribution in [1.82, 2.24) is 20.6 Å². The van der Waals surface area contributed by atoms with Crippen molar-refractivity contribution in [3.05, 3.63) is 83.1 Å². The Hall–Kier alpha value is -3.32. The summed E-state index contributed by atoms with van der Waals surface area (Å²) in [6.07, 6.45) is 3.28. The third kappa shape index (κ3) is 4.84. The minimum absolute atomic E-state index is 0.415. The van der Waals surface area contributed by atoms with Gasteiger partial charge in [0.05, 0.1) is 17.8 Å². The maximum absolute atomic E-state index is 12.1. The second-order valence-corrected chi connectivity index (χ2v) is 5.89. The number of rotatable bonds is 4. The van der Waals surface area contributed by atoms with E-state index >= 15 is 0 Å². The summed E-state index contributed by atoms with van der Waals surface area (Å²) < 4.78 is 1.70. The maximum atomic E-state index is 12.1. The minimum Gasteiger partial charge on any atom is -0.307 e. The van der Waals surface area contributed by atoms with Crippen LogP contribution >= 0.6 is 11.6 Å². The lowest BCUT2D eigenvalue weighted by molar-refractivity contribution is 0.0938. The molecule has 3 N–H and O–H groups in total. The predicted octanol–water partition coefficient (Wildman–Crippen LogP) is 3.05. The van der Waals surface area contributed by atoms with Gasteiger partial charge in [0.2, 0.25) is 0 Å². The van der Waals surface area contributed by atoms with Gasteiger partial charge >= 0.3 is 6.03 Å². The van der Waals surface area contributed by atoms with Gasteiger partial charge in [0.1, 0.15) is 0 Å². The van der Waals surface area contributed by atoms with Gasteiger partial charge in [0.25, 0.3) is 5.91 Å². The summed E-state index contributed by atoms with van der Waals surface area (Å²) >= 11 is 5.83. The molecule has 1 heterocycles. The van der Waals surface area contributed by atoms with Crippen molar-refractivity contribution in [2.45, 2.75) is 6.54 Å². The number of benzene rings is 2. The van der Waals surface area contributed by atoms with Crippen molar-refractivity contribution >= 4 is 29.2 Å². The molecule has 3 aromatic rings. The monoisotopic (exact) mass is 369 g/mol. The highest BCUT2D eigenvalue weighted by Gasteiger charge is 2.08. The van der Waals surface area contributed by atoms with Crippen LogP contribution in [0.2, 0.25) is 5.02 Å². The van der Waals surface area contributed by atoms with Crippen LogP contribution in [0.15, 0.2) is 67.0 Å². The summed E-state index contributed by atoms with van der Waals surface area (Å²) in [7, 11) is 0. The Kier molecular flexibility index (Phi) is 5.50. The first-order chi connectivity index (χ1) is 12.6. The molecule has 1 aromatic heterocycles. The molecule has 0 saturated carbocycles. The van der Waals surface area contributed by atoms with E-state index in [0.717, 1.165) is 5.56 Å². The number of aromatic nitrogens is 2. The summed E-state index contributed by atoms with van der Waals surface area (Å²) in [5, 5.41) is 7.27. The number of nitrogens with one attached hydrogen (secondary N) is 3. The zero-order valence-corrected chi connectivity index (χ0v) is 14.4. The van der Waals surface area contributed by atoms with Crippen molar-refractivity contribution < 1.29 is 9.59 Å². The molecule has 3 amide bonds. The number of anilines is 1. The number of halogens is 1. The zero-order valence-electron chi connectivity index (χ0n) is 13.6. The maximum Gasteiger partial charge on any atom is 0.337 e. The van der Waals surface area contributed by atoms with Crippen LogP contribution < -0.4 is 16.2 Å². The topological polar surface area (TPSA) is 88.1 Å². The standard InChI is InChI=1S/C18H16ClN5O2/c19-15-10-20-24(12-15)11-13-6-8-14(9-7-13)17(25)22-23-18(26)21-16-4-2-1-3-5-16/h1-10,12H,11H2,(H,22,25)(H2,21,23,26). The first-order valence-corrected chi connectivity index (χ1v) is 8.17. The second kappa shape index (κ2) is 8.17. The fraction of sp³-hybridized carbons (Fsp3) is 0.0556. The lowest BCUT2D eigenvalue weighted by atomic mass is 10.1. The number of carbonyl (C=O) groups is 2. The van der Waals surface area contributed by atoms with Gasteiger partial charge in [-0.2, -0.15) is 5.10 Å². The molecule has 0 aliphatic rings. The SMILES string of the molecule is O=C(NNC(=O)c1ccc(Cn2cc(Cl)cn2)cc1)Nc1ccccc1. The highest BCUT2D eigenvalue weighted by molar-refractivity contribution is 6.30. The summed E-state index contributed by atoms with van der Waals surface area (Å²) in [4.78, 5) is 23.8. The largest absolute Gasteiger partial charge is 0.337 e. The summed E-state index contributed by atoms with van der Waals surface area (Å²) in [5.74, 6) is -0.415. The first-order valence-electron chi connectivity index (χ1n) is 7.79. The van der Waals surface area contributed by atoms with Crippen molar-refractivity contribution in [3.8, 4) is 0 Å². The Labute approximate surface area is 154 Å². The Balaban J connectivity index is 1.50. The van der Waals surface area contributed by atoms with Gasteiger partial charge < -0.3 is 5.32 Å². The Bertz CT molecular complexity index is 893. The Morgan fingerprint density at radius 1 is 1.00 bits per heavy atom. The molecule has 0 bridgehead atoms. The summed E-state index contributed by atoms with van der Waals surface area (Å²) in [6, 6.07) is 15.4. The van der Waals surface area contributed by atoms with Crippen LogP contribution in [-0.2, 0) is 6.54 Å². The van der Waals surface area contributed by atoms with E-state index in [4.69, 9.17) is 11.6 Å². The first kappa shape index (κ1) is 17.5. The van der Waals surface area contributed by atoms with Gasteiger partial charge in [-0.3, -0.25) is 14.9 Å². The van der Waals surface area contributed by atoms with Gasteiger partial charge in [-0.25, -0.2) is 10.2 Å². The Morgan fingerprint density at radius 2 is 1.73 bits per heavy atom. The molecule has 0 saturated heterocycles. The molecule has 0 aliphatic carbocycles. The molecule has 3 rings (SSSR count). The van der Waals surface area contributed by atoms with Crippen molar-refractivity contribution in [1.29, 1.82) is 0 Å². The molecule has 8 heteroatoms. The quantitative estimate of drug-likeness (QED) is 0.617. The van der Waals surface area contributed by atoms with Crippen LogP contribution in [-0.4, -0.2) is 21.7 Å². The van der Waals surface area contributed by atoms with Crippen LogP contribution in [0.1, 0.15) is 15.9 Å². The number of amides is 3.